The number of fused-ring (bicyclic) bond motifs is 1. The van der Waals surface area contributed by atoms with Gasteiger partial charge in [-0.1, -0.05) is 18.2 Å². The molecule has 0 N–H and O–H groups in total. The lowest BCUT2D eigenvalue weighted by atomic mass is 10.1. The van der Waals surface area contributed by atoms with Crippen molar-refractivity contribution in [1.82, 2.24) is 0 Å². The summed E-state index contributed by atoms with van der Waals surface area (Å²) in [6, 6.07) is 6.91. The van der Waals surface area contributed by atoms with Crippen LogP contribution in [-0.4, -0.2) is 5.78 Å². The fourth-order valence-corrected chi connectivity index (χ4v) is 1.76. The molecule has 0 saturated heterocycles. The van der Waals surface area contributed by atoms with Gasteiger partial charge in [0, 0.05) is 0 Å². The Kier molecular flexibility index (Phi) is 2.91. The number of benzene rings is 1. The van der Waals surface area contributed by atoms with E-state index in [-0.39, 0.29) is 16.8 Å². The van der Waals surface area contributed by atoms with Crippen molar-refractivity contribution < 1.29 is 9.21 Å². The van der Waals surface area contributed by atoms with E-state index in [1.54, 1.807) is 43.3 Å². The minimum Gasteiger partial charge on any atom is -0.456 e. The van der Waals surface area contributed by atoms with Crippen LogP contribution >= 0.6 is 0 Å². The van der Waals surface area contributed by atoms with Crippen molar-refractivity contribution >= 4 is 22.8 Å². The van der Waals surface area contributed by atoms with Crippen molar-refractivity contribution in [2.24, 2.45) is 0 Å². The quantitative estimate of drug-likeness (QED) is 0.742. The lowest BCUT2D eigenvalue weighted by molar-refractivity contribution is 0.101. The second-order valence-corrected chi connectivity index (χ2v) is 3.72. The lowest BCUT2D eigenvalue weighted by Crippen LogP contribution is -2.15. The van der Waals surface area contributed by atoms with Gasteiger partial charge in [-0.2, -0.15) is 0 Å². The summed E-state index contributed by atoms with van der Waals surface area (Å²) in [5.41, 5.74) is 0.338. The molecule has 3 nitrogen and oxygen atoms in total. The molecular formula is C14H12O3. The second kappa shape index (κ2) is 4.37. The van der Waals surface area contributed by atoms with Gasteiger partial charge in [-0.15, -0.1) is 0 Å². The van der Waals surface area contributed by atoms with E-state index in [1.165, 1.54) is 6.92 Å². The molecule has 0 aliphatic carbocycles. The van der Waals surface area contributed by atoms with E-state index in [0.29, 0.717) is 16.7 Å². The molecule has 2 rings (SSSR count). The summed E-state index contributed by atoms with van der Waals surface area (Å²) in [6.45, 7) is 3.17. The third-order valence-corrected chi connectivity index (χ3v) is 2.50. The monoisotopic (exact) mass is 228 g/mol. The molecule has 0 spiro atoms. The summed E-state index contributed by atoms with van der Waals surface area (Å²) in [6.07, 6.45) is 3.37. The van der Waals surface area contributed by atoms with E-state index in [0.717, 1.165) is 0 Å². The van der Waals surface area contributed by atoms with Gasteiger partial charge in [0.2, 0.25) is 5.43 Å². The fourth-order valence-electron chi connectivity index (χ4n) is 1.76. The molecular weight excluding hydrogens is 216 g/mol. The van der Waals surface area contributed by atoms with Crippen LogP contribution in [0.3, 0.4) is 0 Å². The number of carbonyl (C=O) groups is 1. The molecule has 86 valence electrons. The molecule has 0 saturated carbocycles. The molecule has 0 aliphatic heterocycles. The maximum absolute atomic E-state index is 12.2. The molecule has 17 heavy (non-hydrogen) atoms. The van der Waals surface area contributed by atoms with Crippen LogP contribution in [0.2, 0.25) is 0 Å². The molecule has 1 heterocycles. The number of allylic oxidation sites excluding steroid dienone is 1. The SMILES string of the molecule is C/C=C/c1oc2ccccc2c(=O)c1C(C)=O. The Morgan fingerprint density at radius 2 is 2.00 bits per heavy atom. The zero-order valence-electron chi connectivity index (χ0n) is 9.69. The Hall–Kier alpha value is -2.16. The van der Waals surface area contributed by atoms with Gasteiger partial charge in [0.1, 0.15) is 16.9 Å². The average molecular weight is 228 g/mol. The van der Waals surface area contributed by atoms with E-state index in [4.69, 9.17) is 4.42 Å². The number of Topliss-reactive ketones (excluding diaryl/α,β-unsaturated/α-hetero) is 1. The van der Waals surface area contributed by atoms with Crippen LogP contribution < -0.4 is 5.43 Å². The van der Waals surface area contributed by atoms with Crippen LogP contribution in [0.4, 0.5) is 0 Å². The highest BCUT2D eigenvalue weighted by Gasteiger charge is 2.15. The zero-order chi connectivity index (χ0) is 12.4. The topological polar surface area (TPSA) is 47.3 Å². The van der Waals surface area contributed by atoms with Crippen LogP contribution in [0, 0.1) is 0 Å². The molecule has 0 radical (unpaired) electrons. The highest BCUT2D eigenvalue weighted by atomic mass is 16.3. The summed E-state index contributed by atoms with van der Waals surface area (Å²) < 4.78 is 5.57. The highest BCUT2D eigenvalue weighted by molar-refractivity contribution is 5.99. The Morgan fingerprint density at radius 1 is 1.29 bits per heavy atom. The first-order valence-electron chi connectivity index (χ1n) is 5.34. The van der Waals surface area contributed by atoms with Gasteiger partial charge in [0.05, 0.1) is 5.39 Å². The van der Waals surface area contributed by atoms with Crippen LogP contribution in [0.15, 0.2) is 39.6 Å². The standard InChI is InChI=1S/C14H12O3/c1-3-6-12-13(9(2)15)14(16)10-7-4-5-8-11(10)17-12/h3-8H,1-2H3/b6-3+. The molecule has 0 amide bonds. The highest BCUT2D eigenvalue weighted by Crippen LogP contribution is 2.17. The van der Waals surface area contributed by atoms with Gasteiger partial charge in [0.25, 0.3) is 0 Å². The molecule has 1 aromatic carbocycles. The summed E-state index contributed by atoms with van der Waals surface area (Å²) in [5.74, 6) is 0.0429. The summed E-state index contributed by atoms with van der Waals surface area (Å²) in [4.78, 5) is 23.7. The lowest BCUT2D eigenvalue weighted by Gasteiger charge is -2.03. The second-order valence-electron chi connectivity index (χ2n) is 3.72. The Balaban J connectivity index is 2.94. The molecule has 0 aliphatic rings. The van der Waals surface area contributed by atoms with Crippen LogP contribution in [-0.2, 0) is 0 Å². The van der Waals surface area contributed by atoms with E-state index in [2.05, 4.69) is 0 Å². The maximum atomic E-state index is 12.2. The average Bonchev–Trinajstić information content (AvgIpc) is 2.29. The molecule has 0 bridgehead atoms. The number of ketones is 1. The van der Waals surface area contributed by atoms with Crippen molar-refractivity contribution in [2.75, 3.05) is 0 Å². The fraction of sp³-hybridized carbons (Fsp3) is 0.143. The van der Waals surface area contributed by atoms with Gasteiger partial charge in [0.15, 0.2) is 5.78 Å². The zero-order valence-corrected chi connectivity index (χ0v) is 9.69. The van der Waals surface area contributed by atoms with Gasteiger partial charge in [-0.05, 0) is 32.1 Å². The van der Waals surface area contributed by atoms with E-state index in [1.807, 2.05) is 0 Å². The minimum absolute atomic E-state index is 0.113. The predicted molar refractivity (Wildman–Crippen MR) is 67.2 cm³/mol. The predicted octanol–water partition coefficient (Wildman–Crippen LogP) is 3.03. The van der Waals surface area contributed by atoms with Crippen molar-refractivity contribution in [3.8, 4) is 0 Å². The van der Waals surface area contributed by atoms with Crippen LogP contribution in [0.25, 0.3) is 17.0 Å². The van der Waals surface area contributed by atoms with Crippen molar-refractivity contribution in [3.05, 3.63) is 51.9 Å². The molecule has 1 aromatic heterocycles. The largest absolute Gasteiger partial charge is 0.456 e. The normalized spacial score (nSPS) is 11.2. The van der Waals surface area contributed by atoms with Crippen molar-refractivity contribution in [1.29, 1.82) is 0 Å². The van der Waals surface area contributed by atoms with Crippen LogP contribution in [0.5, 0.6) is 0 Å². The van der Waals surface area contributed by atoms with Gasteiger partial charge < -0.3 is 4.42 Å². The summed E-state index contributed by atoms with van der Waals surface area (Å²) >= 11 is 0. The first-order valence-corrected chi connectivity index (χ1v) is 5.34. The number of para-hydroxylation sites is 1. The van der Waals surface area contributed by atoms with E-state index >= 15 is 0 Å². The first-order chi connectivity index (χ1) is 8.15. The number of hydrogen-bond donors (Lipinski definition) is 0. The number of hydrogen-bond acceptors (Lipinski definition) is 3. The Labute approximate surface area is 98.4 Å². The molecule has 0 fully saturated rings. The number of rotatable bonds is 2. The maximum Gasteiger partial charge on any atom is 0.204 e. The number of carbonyl (C=O) groups excluding carboxylic acids is 1. The van der Waals surface area contributed by atoms with Crippen molar-refractivity contribution in [2.45, 2.75) is 13.8 Å². The first kappa shape index (κ1) is 11.3. The Bertz CT molecular complexity index is 663. The van der Waals surface area contributed by atoms with E-state index < -0.39 is 0 Å². The Morgan fingerprint density at radius 3 is 2.65 bits per heavy atom. The van der Waals surface area contributed by atoms with E-state index in [9.17, 15) is 9.59 Å². The minimum atomic E-state index is -0.280. The van der Waals surface area contributed by atoms with Gasteiger partial charge >= 0.3 is 0 Å². The molecule has 0 unspecified atom stereocenters. The van der Waals surface area contributed by atoms with Gasteiger partial charge in [-0.3, -0.25) is 9.59 Å². The van der Waals surface area contributed by atoms with Gasteiger partial charge in [-0.25, -0.2) is 0 Å². The smallest absolute Gasteiger partial charge is 0.204 e. The van der Waals surface area contributed by atoms with Crippen LogP contribution in [0.1, 0.15) is 30.0 Å². The third-order valence-electron chi connectivity index (χ3n) is 2.50. The van der Waals surface area contributed by atoms with Crippen molar-refractivity contribution in [3.63, 3.8) is 0 Å². The molecule has 3 heteroatoms. The summed E-state index contributed by atoms with van der Waals surface area (Å²) in [5, 5.41) is 0.436. The third kappa shape index (κ3) is 1.91. The summed E-state index contributed by atoms with van der Waals surface area (Å²) in [7, 11) is 0. The molecule has 2 aromatic rings. The molecule has 0 atom stereocenters.